The molecule has 128 valence electrons. The molecule has 3 heterocycles. The van der Waals surface area contributed by atoms with Crippen molar-refractivity contribution in [2.45, 2.75) is 31.3 Å². The summed E-state index contributed by atoms with van der Waals surface area (Å²) in [5.41, 5.74) is 2.48. The third-order valence-corrected chi connectivity index (χ3v) is 4.39. The zero-order valence-corrected chi connectivity index (χ0v) is 14.0. The Labute approximate surface area is 145 Å². The van der Waals surface area contributed by atoms with Gasteiger partial charge in [-0.05, 0) is 44.0 Å². The van der Waals surface area contributed by atoms with E-state index >= 15 is 0 Å². The van der Waals surface area contributed by atoms with Crippen molar-refractivity contribution in [3.05, 3.63) is 47.3 Å². The van der Waals surface area contributed by atoms with Crippen LogP contribution in [-0.2, 0) is 9.59 Å². The summed E-state index contributed by atoms with van der Waals surface area (Å²) >= 11 is 5.85. The highest BCUT2D eigenvalue weighted by Crippen LogP contribution is 2.36. The van der Waals surface area contributed by atoms with Gasteiger partial charge in [0.05, 0.1) is 10.7 Å². The van der Waals surface area contributed by atoms with Crippen LogP contribution in [0.3, 0.4) is 0 Å². The smallest absolute Gasteiger partial charge is 0.328 e. The number of fused-ring (bicyclic) bond motifs is 2. The van der Waals surface area contributed by atoms with Crippen LogP contribution in [0.5, 0.6) is 0 Å². The lowest BCUT2D eigenvalue weighted by atomic mass is 9.99. The van der Waals surface area contributed by atoms with Crippen LogP contribution in [0.2, 0.25) is 5.02 Å². The van der Waals surface area contributed by atoms with Gasteiger partial charge in [0.2, 0.25) is 0 Å². The van der Waals surface area contributed by atoms with Crippen molar-refractivity contribution < 1.29 is 19.8 Å². The molecule has 2 atom stereocenters. The van der Waals surface area contributed by atoms with Crippen LogP contribution in [-0.4, -0.2) is 51.2 Å². The van der Waals surface area contributed by atoms with Crippen molar-refractivity contribution in [2.75, 3.05) is 7.05 Å². The van der Waals surface area contributed by atoms with E-state index in [-0.39, 0.29) is 0 Å². The Hall–Kier alpha value is -2.18. The minimum atomic E-state index is -1.26. The number of halogens is 1. The highest BCUT2D eigenvalue weighted by atomic mass is 35.5. The van der Waals surface area contributed by atoms with E-state index in [1.165, 1.54) is 18.4 Å². The number of likely N-dealkylation sites (N-methyl/N-ethyl adjacent to an activating group) is 1. The van der Waals surface area contributed by atoms with Gasteiger partial charge in [0.25, 0.3) is 0 Å². The minimum Gasteiger partial charge on any atom is -0.478 e. The lowest BCUT2D eigenvalue weighted by Crippen LogP contribution is -2.34. The molecule has 6 nitrogen and oxygen atoms in total. The van der Waals surface area contributed by atoms with Crippen LogP contribution < -0.4 is 0 Å². The van der Waals surface area contributed by atoms with E-state index in [2.05, 4.69) is 23.0 Å². The number of aromatic nitrogens is 1. The van der Waals surface area contributed by atoms with Crippen molar-refractivity contribution in [1.82, 2.24) is 9.88 Å². The summed E-state index contributed by atoms with van der Waals surface area (Å²) in [4.78, 5) is 26.0. The Kier molecular flexibility index (Phi) is 6.11. The van der Waals surface area contributed by atoms with Crippen LogP contribution in [0, 0.1) is 0 Å². The molecule has 0 aromatic carbocycles. The summed E-state index contributed by atoms with van der Waals surface area (Å²) in [6.45, 7) is 0. The van der Waals surface area contributed by atoms with Gasteiger partial charge in [0.1, 0.15) is 0 Å². The number of hydrogen-bond donors (Lipinski definition) is 2. The maximum atomic E-state index is 9.55. The van der Waals surface area contributed by atoms with Crippen LogP contribution in [0.4, 0.5) is 0 Å². The molecule has 1 aromatic heterocycles. The Morgan fingerprint density at radius 2 is 1.92 bits per heavy atom. The second-order valence-corrected chi connectivity index (χ2v) is 6.17. The van der Waals surface area contributed by atoms with E-state index in [4.69, 9.17) is 21.8 Å². The summed E-state index contributed by atoms with van der Waals surface area (Å²) in [5, 5.41) is 16.3. The number of aliphatic carboxylic acids is 2. The van der Waals surface area contributed by atoms with Gasteiger partial charge >= 0.3 is 11.9 Å². The van der Waals surface area contributed by atoms with Crippen molar-refractivity contribution in [2.24, 2.45) is 0 Å². The van der Waals surface area contributed by atoms with Crippen LogP contribution >= 0.6 is 11.6 Å². The fourth-order valence-electron chi connectivity index (χ4n) is 2.94. The highest BCUT2D eigenvalue weighted by Gasteiger charge is 2.34. The molecule has 7 heteroatoms. The van der Waals surface area contributed by atoms with E-state index < -0.39 is 11.9 Å². The fourth-order valence-corrected chi connectivity index (χ4v) is 3.05. The number of rotatable bonds is 3. The lowest BCUT2D eigenvalue weighted by Gasteiger charge is -2.30. The first kappa shape index (κ1) is 18.2. The molecule has 2 bridgehead atoms. The average Bonchev–Trinajstić information content (AvgIpc) is 2.75. The Balaban J connectivity index is 0.000000224. The first-order valence-corrected chi connectivity index (χ1v) is 7.93. The molecule has 2 unspecified atom stereocenters. The fraction of sp³-hybridized carbons (Fsp3) is 0.353. The maximum absolute atomic E-state index is 9.55. The molecule has 2 aliphatic rings. The van der Waals surface area contributed by atoms with Gasteiger partial charge in [-0.25, -0.2) is 9.59 Å². The van der Waals surface area contributed by atoms with Gasteiger partial charge in [-0.1, -0.05) is 17.7 Å². The number of pyridine rings is 1. The van der Waals surface area contributed by atoms with Crippen LogP contribution in [0.1, 0.15) is 25.0 Å². The SMILES string of the molecule is CN1C2C=C(c3ccc(Cl)cn3)CC1CC2.O=C(O)/C=C\C(=O)O. The maximum Gasteiger partial charge on any atom is 0.328 e. The lowest BCUT2D eigenvalue weighted by molar-refractivity contribution is -0.134. The molecule has 0 saturated carbocycles. The molecule has 0 radical (unpaired) electrons. The predicted octanol–water partition coefficient (Wildman–Crippen LogP) is 2.70. The second-order valence-electron chi connectivity index (χ2n) is 5.73. The minimum absolute atomic E-state index is 0.558. The molecule has 3 rings (SSSR count). The number of nitrogens with zero attached hydrogens (tertiary/aromatic N) is 2. The molecule has 24 heavy (non-hydrogen) atoms. The third kappa shape index (κ3) is 4.91. The quantitative estimate of drug-likeness (QED) is 0.814. The summed E-state index contributed by atoms with van der Waals surface area (Å²) in [6, 6.07) is 5.28. The molecule has 1 aromatic rings. The van der Waals surface area contributed by atoms with E-state index in [1.54, 1.807) is 6.20 Å². The number of carboxylic acid groups (broad SMARTS) is 2. The first-order chi connectivity index (χ1) is 11.4. The van der Waals surface area contributed by atoms with Gasteiger partial charge in [0.15, 0.2) is 0 Å². The Morgan fingerprint density at radius 1 is 1.25 bits per heavy atom. The second kappa shape index (κ2) is 8.08. The number of carboxylic acids is 2. The van der Waals surface area contributed by atoms with E-state index in [9.17, 15) is 9.59 Å². The molecule has 0 aliphatic carbocycles. The van der Waals surface area contributed by atoms with Crippen molar-refractivity contribution in [3.8, 4) is 0 Å². The monoisotopic (exact) mass is 350 g/mol. The van der Waals surface area contributed by atoms with Gasteiger partial charge in [0, 0.05) is 30.4 Å². The van der Waals surface area contributed by atoms with Gasteiger partial charge < -0.3 is 10.2 Å². The van der Waals surface area contributed by atoms with E-state index in [0.717, 1.165) is 12.1 Å². The predicted molar refractivity (Wildman–Crippen MR) is 90.8 cm³/mol. The molecule has 2 aliphatic heterocycles. The van der Waals surface area contributed by atoms with Crippen molar-refractivity contribution >= 4 is 29.1 Å². The third-order valence-electron chi connectivity index (χ3n) is 4.17. The van der Waals surface area contributed by atoms with Gasteiger partial charge in [-0.3, -0.25) is 9.88 Å². The van der Waals surface area contributed by atoms with Crippen molar-refractivity contribution in [1.29, 1.82) is 0 Å². The topological polar surface area (TPSA) is 90.7 Å². The largest absolute Gasteiger partial charge is 0.478 e. The molecular formula is C17H19ClN2O4. The summed E-state index contributed by atoms with van der Waals surface area (Å²) in [6.07, 6.45) is 8.96. The molecule has 2 N–H and O–H groups in total. The highest BCUT2D eigenvalue weighted by molar-refractivity contribution is 6.30. The number of carbonyl (C=O) groups is 2. The van der Waals surface area contributed by atoms with Crippen LogP contribution in [0.25, 0.3) is 5.57 Å². The zero-order chi connectivity index (χ0) is 17.7. The Bertz CT molecular complexity index is 654. The zero-order valence-electron chi connectivity index (χ0n) is 13.2. The first-order valence-electron chi connectivity index (χ1n) is 7.55. The molecule has 1 saturated heterocycles. The van der Waals surface area contributed by atoms with E-state index in [1.807, 2.05) is 12.1 Å². The van der Waals surface area contributed by atoms with Gasteiger partial charge in [-0.2, -0.15) is 0 Å². The molecule has 0 amide bonds. The Morgan fingerprint density at radius 3 is 2.42 bits per heavy atom. The summed E-state index contributed by atoms with van der Waals surface area (Å²) in [5.74, 6) is -2.51. The number of hydrogen-bond acceptors (Lipinski definition) is 4. The average molecular weight is 351 g/mol. The summed E-state index contributed by atoms with van der Waals surface area (Å²) < 4.78 is 0. The molecule has 0 spiro atoms. The van der Waals surface area contributed by atoms with E-state index in [0.29, 0.717) is 29.3 Å². The van der Waals surface area contributed by atoms with Crippen LogP contribution in [0.15, 0.2) is 36.6 Å². The van der Waals surface area contributed by atoms with Gasteiger partial charge in [-0.15, -0.1) is 0 Å². The summed E-state index contributed by atoms with van der Waals surface area (Å²) in [7, 11) is 2.23. The normalized spacial score (nSPS) is 22.7. The molecule has 1 fully saturated rings. The standard InChI is InChI=1S/C13H15ClN2.C4H4O4/c1-16-11-3-4-12(16)7-9(6-11)13-5-2-10(14)8-15-13;5-3(6)1-2-4(7)8/h2,5-6,8,11-12H,3-4,7H2,1H3;1-2H,(H,5,6)(H,7,8)/b;2-1-. The molecular weight excluding hydrogens is 332 g/mol. The van der Waals surface area contributed by atoms with Crippen molar-refractivity contribution in [3.63, 3.8) is 0 Å².